The molecule has 37 heavy (non-hydrogen) atoms. The smallest absolute Gasteiger partial charge is 0.163 e. The fraction of sp³-hybridized carbons (Fsp3) is 0.300. The van der Waals surface area contributed by atoms with Crippen molar-refractivity contribution in [3.63, 3.8) is 0 Å². The molecule has 2 atom stereocenters. The second-order valence-electron chi connectivity index (χ2n) is 9.68. The first-order valence-corrected chi connectivity index (χ1v) is 12.5. The van der Waals surface area contributed by atoms with E-state index in [1.54, 1.807) is 19.2 Å². The van der Waals surface area contributed by atoms with Gasteiger partial charge in [0.1, 0.15) is 0 Å². The summed E-state index contributed by atoms with van der Waals surface area (Å²) in [5.74, 6) is 1.81. The average Bonchev–Trinajstić information content (AvgIpc) is 3.05. The van der Waals surface area contributed by atoms with Gasteiger partial charge in [0, 0.05) is 17.7 Å². The third-order valence-corrected chi connectivity index (χ3v) is 6.87. The zero-order chi connectivity index (χ0) is 26.1. The van der Waals surface area contributed by atoms with Gasteiger partial charge in [-0.1, -0.05) is 24.3 Å². The van der Waals surface area contributed by atoms with Crippen LogP contribution in [-0.4, -0.2) is 31.2 Å². The summed E-state index contributed by atoms with van der Waals surface area (Å²) < 4.78 is 16.7. The number of hydrogen-bond donors (Lipinski definition) is 3. The number of phenols is 1. The molecule has 0 amide bonds. The summed E-state index contributed by atoms with van der Waals surface area (Å²) >= 11 is 0. The first-order valence-electron chi connectivity index (χ1n) is 12.5. The van der Waals surface area contributed by atoms with Gasteiger partial charge in [-0.2, -0.15) is 0 Å². The van der Waals surface area contributed by atoms with Crippen LogP contribution in [0.3, 0.4) is 0 Å². The van der Waals surface area contributed by atoms with Crippen LogP contribution in [0.15, 0.2) is 71.9 Å². The molecule has 1 aliphatic carbocycles. The summed E-state index contributed by atoms with van der Waals surface area (Å²) in [6.45, 7) is 3.95. The second kappa shape index (κ2) is 10.1. The Morgan fingerprint density at radius 3 is 2.27 bits per heavy atom. The third-order valence-electron chi connectivity index (χ3n) is 6.87. The molecule has 2 aliphatic rings. The normalized spacial score (nSPS) is 18.8. The highest BCUT2D eigenvalue weighted by molar-refractivity contribution is 6.01. The molecule has 1 heterocycles. The van der Waals surface area contributed by atoms with E-state index in [-0.39, 0.29) is 23.6 Å². The quantitative estimate of drug-likeness (QED) is 0.373. The predicted molar refractivity (Wildman–Crippen MR) is 144 cm³/mol. The fourth-order valence-electron chi connectivity index (χ4n) is 5.15. The minimum atomic E-state index is -0.423. The maximum absolute atomic E-state index is 13.8. The van der Waals surface area contributed by atoms with E-state index in [0.29, 0.717) is 35.7 Å². The van der Waals surface area contributed by atoms with E-state index in [4.69, 9.17) is 14.2 Å². The van der Waals surface area contributed by atoms with Crippen molar-refractivity contribution in [2.75, 3.05) is 24.9 Å². The zero-order valence-electron chi connectivity index (χ0n) is 21.5. The molecule has 3 aromatic carbocycles. The number of methoxy groups -OCH3 is 2. The van der Waals surface area contributed by atoms with Gasteiger partial charge in [-0.05, 0) is 73.7 Å². The fourth-order valence-corrected chi connectivity index (χ4v) is 5.15. The average molecular weight is 501 g/mol. The van der Waals surface area contributed by atoms with Crippen molar-refractivity contribution in [1.29, 1.82) is 0 Å². The molecular weight excluding hydrogens is 468 g/mol. The molecule has 0 aromatic heterocycles. The van der Waals surface area contributed by atoms with Crippen molar-refractivity contribution >= 4 is 17.2 Å². The molecule has 0 bridgehead atoms. The molecule has 2 unspecified atom stereocenters. The zero-order valence-corrected chi connectivity index (χ0v) is 21.5. The van der Waals surface area contributed by atoms with Crippen LogP contribution in [0.5, 0.6) is 23.0 Å². The Balaban J connectivity index is 1.55. The summed E-state index contributed by atoms with van der Waals surface area (Å²) in [5, 5.41) is 17.6. The molecule has 192 valence electrons. The number of benzene rings is 3. The van der Waals surface area contributed by atoms with Crippen molar-refractivity contribution in [1.82, 2.24) is 0 Å². The molecular formula is C30H32N2O5. The van der Waals surface area contributed by atoms with Gasteiger partial charge in [0.2, 0.25) is 0 Å². The molecule has 0 radical (unpaired) electrons. The Hall–Kier alpha value is -4.13. The number of para-hydroxylation sites is 2. The van der Waals surface area contributed by atoms with Gasteiger partial charge in [-0.15, -0.1) is 0 Å². The van der Waals surface area contributed by atoms with Crippen molar-refractivity contribution < 1.29 is 24.1 Å². The van der Waals surface area contributed by atoms with E-state index in [2.05, 4.69) is 10.6 Å². The number of phenolic OH excluding ortho intramolecular Hbond substituents is 1. The van der Waals surface area contributed by atoms with Crippen LogP contribution in [0.25, 0.3) is 0 Å². The van der Waals surface area contributed by atoms with Crippen LogP contribution < -0.4 is 24.8 Å². The van der Waals surface area contributed by atoms with E-state index in [1.165, 1.54) is 7.11 Å². The van der Waals surface area contributed by atoms with E-state index in [9.17, 15) is 9.90 Å². The minimum absolute atomic E-state index is 0.0177. The Labute approximate surface area is 217 Å². The standard InChI is InChI=1S/C30H32N2O5/c1-17(2)37-27-12-9-18(16-28(27)36-4)20-13-23-29(25(34)15-20)30(19-10-11-26(35-3)24(33)14-19)32-22-8-6-5-7-21(22)31-23/h5-12,14,16-17,20,30-33H,13,15H2,1-4H3. The molecule has 7 heteroatoms. The molecule has 0 saturated carbocycles. The number of anilines is 2. The monoisotopic (exact) mass is 500 g/mol. The Morgan fingerprint density at radius 1 is 0.865 bits per heavy atom. The first-order chi connectivity index (χ1) is 17.9. The van der Waals surface area contributed by atoms with Crippen molar-refractivity contribution in [2.24, 2.45) is 0 Å². The number of rotatable bonds is 6. The number of ether oxygens (including phenoxy) is 3. The van der Waals surface area contributed by atoms with Crippen LogP contribution in [0.1, 0.15) is 49.8 Å². The van der Waals surface area contributed by atoms with Gasteiger partial charge in [-0.25, -0.2) is 0 Å². The SMILES string of the molecule is COc1ccc(C2Nc3ccccc3NC3=C2C(=O)CC(c2ccc(OC(C)C)c(OC)c2)C3)cc1O. The van der Waals surface area contributed by atoms with Crippen molar-refractivity contribution in [2.45, 2.75) is 44.8 Å². The lowest BCUT2D eigenvalue weighted by molar-refractivity contribution is -0.116. The van der Waals surface area contributed by atoms with Crippen LogP contribution >= 0.6 is 0 Å². The lowest BCUT2D eigenvalue weighted by Gasteiger charge is -2.30. The minimum Gasteiger partial charge on any atom is -0.504 e. The second-order valence-corrected chi connectivity index (χ2v) is 9.68. The summed E-state index contributed by atoms with van der Waals surface area (Å²) in [7, 11) is 3.14. The van der Waals surface area contributed by atoms with Gasteiger partial charge in [0.25, 0.3) is 0 Å². The van der Waals surface area contributed by atoms with Gasteiger partial charge < -0.3 is 30.0 Å². The van der Waals surface area contributed by atoms with Crippen LogP contribution in [-0.2, 0) is 4.79 Å². The molecule has 0 saturated heterocycles. The first kappa shape index (κ1) is 24.6. The van der Waals surface area contributed by atoms with Crippen LogP contribution in [0.2, 0.25) is 0 Å². The molecule has 0 fully saturated rings. The number of nitrogens with one attached hydrogen (secondary N) is 2. The Morgan fingerprint density at radius 2 is 1.57 bits per heavy atom. The topological polar surface area (TPSA) is 89.1 Å². The van der Waals surface area contributed by atoms with E-state index in [1.807, 2.05) is 62.4 Å². The highest BCUT2D eigenvalue weighted by Gasteiger charge is 2.36. The van der Waals surface area contributed by atoms with E-state index < -0.39 is 6.04 Å². The largest absolute Gasteiger partial charge is 0.504 e. The number of fused-ring (bicyclic) bond motifs is 1. The lowest BCUT2D eigenvalue weighted by atomic mass is 9.78. The maximum atomic E-state index is 13.8. The van der Waals surface area contributed by atoms with Crippen LogP contribution in [0.4, 0.5) is 11.4 Å². The highest BCUT2D eigenvalue weighted by Crippen LogP contribution is 2.46. The van der Waals surface area contributed by atoms with Crippen molar-refractivity contribution in [3.05, 3.63) is 83.1 Å². The molecule has 1 aliphatic heterocycles. The van der Waals surface area contributed by atoms with Gasteiger partial charge >= 0.3 is 0 Å². The number of ketones is 1. The van der Waals surface area contributed by atoms with Gasteiger partial charge in [-0.3, -0.25) is 4.79 Å². The number of carbonyl (C=O) groups excluding carboxylic acids is 1. The molecule has 3 aromatic rings. The van der Waals surface area contributed by atoms with Crippen LogP contribution in [0, 0.1) is 0 Å². The lowest BCUT2D eigenvalue weighted by Crippen LogP contribution is -2.27. The highest BCUT2D eigenvalue weighted by atomic mass is 16.5. The summed E-state index contributed by atoms with van der Waals surface area (Å²) in [6.07, 6.45) is 1.05. The number of aromatic hydroxyl groups is 1. The maximum Gasteiger partial charge on any atom is 0.163 e. The molecule has 5 rings (SSSR count). The van der Waals surface area contributed by atoms with E-state index >= 15 is 0 Å². The molecule has 3 N–H and O–H groups in total. The Kier molecular flexibility index (Phi) is 6.70. The molecule has 7 nitrogen and oxygen atoms in total. The Bertz CT molecular complexity index is 1360. The number of carbonyl (C=O) groups is 1. The number of Topliss-reactive ketones (excluding diaryl/α,β-unsaturated/α-hetero) is 1. The third kappa shape index (κ3) is 4.81. The van der Waals surface area contributed by atoms with E-state index in [0.717, 1.165) is 28.2 Å². The van der Waals surface area contributed by atoms with Gasteiger partial charge in [0.05, 0.1) is 37.7 Å². The van der Waals surface area contributed by atoms with Gasteiger partial charge in [0.15, 0.2) is 28.8 Å². The summed E-state index contributed by atoms with van der Waals surface area (Å²) in [5.41, 5.74) is 5.16. The summed E-state index contributed by atoms with van der Waals surface area (Å²) in [6, 6.07) is 18.7. The van der Waals surface area contributed by atoms with Crippen molar-refractivity contribution in [3.8, 4) is 23.0 Å². The number of hydrogen-bond acceptors (Lipinski definition) is 7. The summed E-state index contributed by atoms with van der Waals surface area (Å²) in [4.78, 5) is 13.8. The predicted octanol–water partition coefficient (Wildman–Crippen LogP) is 6.18. The molecule has 0 spiro atoms. The number of allylic oxidation sites excluding steroid dienone is 1.